The molecular weight excluding hydrogens is 536 g/mol. The van der Waals surface area contributed by atoms with Crippen molar-refractivity contribution in [2.45, 2.75) is 47.7 Å². The molecule has 0 fully saturated rings. The van der Waals surface area contributed by atoms with Gasteiger partial charge in [-0.05, 0) is 13.8 Å². The van der Waals surface area contributed by atoms with E-state index in [2.05, 4.69) is 4.74 Å². The monoisotopic (exact) mass is 548 g/mol. The highest BCUT2D eigenvalue weighted by Gasteiger charge is 2.70. The molecule has 0 saturated heterocycles. The lowest BCUT2D eigenvalue weighted by atomic mass is 9.95. The Kier molecular flexibility index (Phi) is 7.08. The fraction of sp³-hybridized carbons (Fsp3) is 0.900. The third kappa shape index (κ3) is 5.25. The lowest BCUT2D eigenvalue weighted by molar-refractivity contribution is -0.373. The second kappa shape index (κ2) is 6.93. The predicted octanol–water partition coefficient (Wildman–Crippen LogP) is 3.79. The predicted molar refractivity (Wildman–Crippen MR) is 78.5 cm³/mol. The molecule has 0 aromatic carbocycles. The van der Waals surface area contributed by atoms with E-state index < -0.39 is 39.9 Å². The van der Waals surface area contributed by atoms with E-state index in [4.69, 9.17) is 5.11 Å². The summed E-state index contributed by atoms with van der Waals surface area (Å²) < 4.78 is 78.7. The molecule has 1 N–H and O–H groups in total. The van der Waals surface area contributed by atoms with Gasteiger partial charge >= 0.3 is 18.3 Å². The van der Waals surface area contributed by atoms with Gasteiger partial charge in [0.15, 0.2) is 0 Å². The van der Waals surface area contributed by atoms with Crippen LogP contribution in [-0.2, 0) is 9.53 Å². The van der Waals surface area contributed by atoms with E-state index in [0.29, 0.717) is 0 Å². The van der Waals surface area contributed by atoms with Gasteiger partial charge in [-0.15, -0.1) is 0 Å². The number of esters is 1. The van der Waals surface area contributed by atoms with E-state index in [9.17, 15) is 31.1 Å². The van der Waals surface area contributed by atoms with E-state index in [1.54, 1.807) is 22.6 Å². The van der Waals surface area contributed by atoms with Crippen molar-refractivity contribution in [2.75, 3.05) is 4.43 Å². The second-order valence-corrected chi connectivity index (χ2v) is 7.75. The first-order chi connectivity index (χ1) is 9.08. The molecule has 0 bridgehead atoms. The maximum absolute atomic E-state index is 12.5. The molecule has 0 radical (unpaired) electrons. The van der Waals surface area contributed by atoms with Crippen molar-refractivity contribution in [1.82, 2.24) is 0 Å². The molecule has 0 heterocycles. The average Bonchev–Trinajstić information content (AvgIpc) is 2.25. The minimum atomic E-state index is -5.93. The van der Waals surface area contributed by atoms with Crippen molar-refractivity contribution in [2.24, 2.45) is 0 Å². The quantitative estimate of drug-likeness (QED) is 0.247. The number of halogens is 8. The van der Waals surface area contributed by atoms with Crippen LogP contribution in [-0.4, -0.2) is 43.0 Å². The smallest absolute Gasteiger partial charge is 0.426 e. The Hall–Kier alpha value is 0.470. The first-order valence-electron chi connectivity index (χ1n) is 5.40. The van der Waals surface area contributed by atoms with Gasteiger partial charge in [0.2, 0.25) is 0 Å². The van der Waals surface area contributed by atoms with E-state index in [0.717, 1.165) is 6.92 Å². The lowest BCUT2D eigenvalue weighted by Crippen LogP contribution is -2.58. The highest BCUT2D eigenvalue weighted by atomic mass is 127. The zero-order chi connectivity index (χ0) is 17.3. The van der Waals surface area contributed by atoms with Crippen molar-refractivity contribution >= 4 is 51.2 Å². The summed E-state index contributed by atoms with van der Waals surface area (Å²) >= 11 is 3.51. The number of carbonyl (C=O) groups is 1. The molecule has 0 aromatic heterocycles. The summed E-state index contributed by atoms with van der Waals surface area (Å²) in [4.78, 5) is 11.6. The topological polar surface area (TPSA) is 46.5 Å². The SMILES string of the molecule is CC(CC(O)(C(F)(F)F)C(F)(F)F)OC(=O)C(C)(I)CI. The number of rotatable bonds is 5. The normalized spacial score (nSPS) is 18.0. The molecule has 0 spiro atoms. The average molecular weight is 548 g/mol. The molecule has 2 unspecified atom stereocenters. The van der Waals surface area contributed by atoms with Gasteiger partial charge in [-0.3, -0.25) is 4.79 Å². The highest BCUT2D eigenvalue weighted by molar-refractivity contribution is 14.1. The van der Waals surface area contributed by atoms with Gasteiger partial charge in [-0.2, -0.15) is 26.3 Å². The molecule has 0 aliphatic carbocycles. The van der Waals surface area contributed by atoms with E-state index >= 15 is 0 Å². The number of alkyl halides is 8. The summed E-state index contributed by atoms with van der Waals surface area (Å²) in [5.74, 6) is -0.948. The molecule has 2 atom stereocenters. The zero-order valence-electron chi connectivity index (χ0n) is 10.8. The van der Waals surface area contributed by atoms with Crippen molar-refractivity contribution in [1.29, 1.82) is 0 Å². The van der Waals surface area contributed by atoms with E-state index in [-0.39, 0.29) is 4.43 Å². The van der Waals surface area contributed by atoms with Crippen molar-refractivity contribution in [3.8, 4) is 0 Å². The van der Waals surface area contributed by atoms with Gasteiger partial charge in [0.05, 0.1) is 0 Å². The summed E-state index contributed by atoms with van der Waals surface area (Å²) in [6, 6.07) is 0. The maximum Gasteiger partial charge on any atom is 0.426 e. The molecule has 21 heavy (non-hydrogen) atoms. The molecule has 0 aliphatic heterocycles. The molecule has 0 saturated carbocycles. The molecule has 126 valence electrons. The van der Waals surface area contributed by atoms with Crippen molar-refractivity contribution < 1.29 is 41.0 Å². The van der Waals surface area contributed by atoms with Gasteiger partial charge < -0.3 is 9.84 Å². The molecule has 0 rings (SSSR count). The first kappa shape index (κ1) is 21.5. The largest absolute Gasteiger partial charge is 0.462 e. The summed E-state index contributed by atoms with van der Waals surface area (Å²) in [5, 5.41) is 8.98. The lowest BCUT2D eigenvalue weighted by Gasteiger charge is -2.34. The molecule has 0 amide bonds. The Morgan fingerprint density at radius 1 is 1.19 bits per heavy atom. The van der Waals surface area contributed by atoms with Crippen LogP contribution in [0.2, 0.25) is 0 Å². The number of carbonyl (C=O) groups excluding carboxylic acids is 1. The number of hydrogen-bond acceptors (Lipinski definition) is 3. The fourth-order valence-electron chi connectivity index (χ4n) is 1.21. The third-order valence-electron chi connectivity index (χ3n) is 2.51. The molecule has 3 nitrogen and oxygen atoms in total. The standard InChI is InChI=1S/C10H12F6I2O3/c1-5(21-6(19)7(2,18)4-17)3-8(20,9(11,12)13)10(14,15)16/h5,20H,3-4H2,1-2H3. The third-order valence-corrected chi connectivity index (χ3v) is 6.31. The van der Waals surface area contributed by atoms with Crippen molar-refractivity contribution in [3.05, 3.63) is 0 Å². The van der Waals surface area contributed by atoms with Gasteiger partial charge in [-0.25, -0.2) is 0 Å². The van der Waals surface area contributed by atoms with E-state index in [1.165, 1.54) is 6.92 Å². The van der Waals surface area contributed by atoms with Crippen LogP contribution in [0.25, 0.3) is 0 Å². The van der Waals surface area contributed by atoms with Crippen LogP contribution >= 0.6 is 45.2 Å². The van der Waals surface area contributed by atoms with E-state index in [1.807, 2.05) is 22.6 Å². The van der Waals surface area contributed by atoms with Crippen molar-refractivity contribution in [3.63, 3.8) is 0 Å². The van der Waals surface area contributed by atoms with Crippen LogP contribution in [0, 0.1) is 0 Å². The summed E-state index contributed by atoms with van der Waals surface area (Å²) in [7, 11) is 0. The summed E-state index contributed by atoms with van der Waals surface area (Å²) in [5.41, 5.74) is -4.92. The van der Waals surface area contributed by atoms with Crippen LogP contribution in [0.3, 0.4) is 0 Å². The number of aliphatic hydroxyl groups is 1. The van der Waals surface area contributed by atoms with Gasteiger partial charge in [-0.1, -0.05) is 45.2 Å². The second-order valence-electron chi connectivity index (χ2n) is 4.61. The number of hydrogen-bond donors (Lipinski definition) is 1. The van der Waals surface area contributed by atoms with Crippen LogP contribution in [0.5, 0.6) is 0 Å². The molecule has 11 heteroatoms. The van der Waals surface area contributed by atoms with Gasteiger partial charge in [0, 0.05) is 10.8 Å². The fourth-order valence-corrected chi connectivity index (χ4v) is 1.65. The van der Waals surface area contributed by atoms with Gasteiger partial charge in [0.25, 0.3) is 5.60 Å². The Morgan fingerprint density at radius 3 is 1.86 bits per heavy atom. The molecule has 0 aromatic rings. The first-order valence-corrected chi connectivity index (χ1v) is 8.00. The molecule has 0 aliphatic rings. The van der Waals surface area contributed by atoms with Crippen LogP contribution in [0.4, 0.5) is 26.3 Å². The van der Waals surface area contributed by atoms with Crippen LogP contribution in [0.1, 0.15) is 20.3 Å². The summed E-state index contributed by atoms with van der Waals surface area (Å²) in [6.45, 7) is 2.29. The van der Waals surface area contributed by atoms with Crippen LogP contribution < -0.4 is 0 Å². The van der Waals surface area contributed by atoms with Crippen LogP contribution in [0.15, 0.2) is 0 Å². The minimum Gasteiger partial charge on any atom is -0.462 e. The van der Waals surface area contributed by atoms with Gasteiger partial charge in [0.1, 0.15) is 9.53 Å². The minimum absolute atomic E-state index is 0.250. The summed E-state index contributed by atoms with van der Waals surface area (Å²) in [6.07, 6.45) is -15.4. The Morgan fingerprint density at radius 2 is 1.57 bits per heavy atom. The highest BCUT2D eigenvalue weighted by Crippen LogP contribution is 2.46. The molecular formula is C10H12F6I2O3. The Balaban J connectivity index is 5.12. The maximum atomic E-state index is 12.5. The number of ether oxygens (including phenoxy) is 1. The Bertz CT molecular complexity index is 366. The Labute approximate surface area is 144 Å². The zero-order valence-corrected chi connectivity index (χ0v) is 15.1.